The quantitative estimate of drug-likeness (QED) is 0.771. The van der Waals surface area contributed by atoms with Crippen LogP contribution in [0, 0.1) is 0 Å². The molecule has 116 valence electrons. The van der Waals surface area contributed by atoms with Gasteiger partial charge in [-0.15, -0.1) is 0 Å². The standard InChI is InChI=1S/C15H16N2O4S/c1-2-12(13(18)17-9-10-5-4-8-21-10)22-14-11(15(19)20)6-3-7-16-14/h3-8,12H,2,9H2,1H3,(H,17,18)(H,19,20)/p-1. The van der Waals surface area contributed by atoms with Gasteiger partial charge in [0.15, 0.2) is 0 Å². The summed E-state index contributed by atoms with van der Waals surface area (Å²) in [4.78, 5) is 27.3. The molecule has 6 nitrogen and oxygen atoms in total. The highest BCUT2D eigenvalue weighted by Crippen LogP contribution is 2.26. The van der Waals surface area contributed by atoms with Crippen molar-refractivity contribution in [1.82, 2.24) is 10.3 Å². The molecule has 2 heterocycles. The molecule has 0 spiro atoms. The third-order valence-corrected chi connectivity index (χ3v) is 4.31. The lowest BCUT2D eigenvalue weighted by molar-refractivity contribution is -0.255. The normalized spacial score (nSPS) is 11.9. The van der Waals surface area contributed by atoms with Crippen LogP contribution >= 0.6 is 11.8 Å². The van der Waals surface area contributed by atoms with Crippen LogP contribution in [-0.2, 0) is 11.3 Å². The van der Waals surface area contributed by atoms with E-state index in [1.54, 1.807) is 12.1 Å². The van der Waals surface area contributed by atoms with E-state index in [0.29, 0.717) is 18.7 Å². The molecule has 0 radical (unpaired) electrons. The lowest BCUT2D eigenvalue weighted by atomic mass is 10.3. The van der Waals surface area contributed by atoms with Crippen molar-refractivity contribution in [3.8, 4) is 0 Å². The number of aromatic carboxylic acids is 1. The van der Waals surface area contributed by atoms with E-state index in [4.69, 9.17) is 4.42 Å². The predicted octanol–water partition coefficient (Wildman–Crippen LogP) is 1.23. The molecule has 2 aromatic heterocycles. The van der Waals surface area contributed by atoms with Gasteiger partial charge in [0.05, 0.1) is 24.0 Å². The zero-order valence-corrected chi connectivity index (χ0v) is 12.8. The molecule has 0 aliphatic carbocycles. The number of furan rings is 1. The number of hydrogen-bond acceptors (Lipinski definition) is 6. The van der Waals surface area contributed by atoms with Gasteiger partial charge >= 0.3 is 0 Å². The van der Waals surface area contributed by atoms with E-state index >= 15 is 0 Å². The first-order valence-electron chi connectivity index (χ1n) is 6.75. The number of amides is 1. The lowest BCUT2D eigenvalue weighted by Gasteiger charge is -2.16. The first-order valence-corrected chi connectivity index (χ1v) is 7.63. The van der Waals surface area contributed by atoms with E-state index in [0.717, 1.165) is 11.8 Å². The number of hydrogen-bond donors (Lipinski definition) is 1. The Bertz CT molecular complexity index is 643. The van der Waals surface area contributed by atoms with Gasteiger partial charge in [0.25, 0.3) is 0 Å². The van der Waals surface area contributed by atoms with Crippen molar-refractivity contribution in [2.75, 3.05) is 0 Å². The van der Waals surface area contributed by atoms with Crippen LogP contribution in [0.2, 0.25) is 0 Å². The summed E-state index contributed by atoms with van der Waals surface area (Å²) in [7, 11) is 0. The van der Waals surface area contributed by atoms with E-state index in [-0.39, 0.29) is 16.5 Å². The molecule has 1 amide bonds. The largest absolute Gasteiger partial charge is 0.545 e. The number of carboxylic acids is 1. The van der Waals surface area contributed by atoms with Gasteiger partial charge in [-0.2, -0.15) is 0 Å². The minimum Gasteiger partial charge on any atom is -0.545 e. The molecule has 1 N–H and O–H groups in total. The Morgan fingerprint density at radius 1 is 1.41 bits per heavy atom. The Labute approximate surface area is 131 Å². The Morgan fingerprint density at radius 3 is 2.86 bits per heavy atom. The number of pyridine rings is 1. The molecule has 0 fully saturated rings. The molecule has 0 aliphatic rings. The number of nitrogens with zero attached hydrogens (tertiary/aromatic N) is 1. The van der Waals surface area contributed by atoms with Crippen LogP contribution in [0.5, 0.6) is 0 Å². The second-order valence-corrected chi connectivity index (χ2v) is 5.65. The van der Waals surface area contributed by atoms with Crippen molar-refractivity contribution < 1.29 is 19.1 Å². The fourth-order valence-electron chi connectivity index (χ4n) is 1.80. The summed E-state index contributed by atoms with van der Waals surface area (Å²) in [6.07, 6.45) is 3.56. The first kappa shape index (κ1) is 16.1. The molecule has 0 saturated heterocycles. The summed E-state index contributed by atoms with van der Waals surface area (Å²) in [5.41, 5.74) is -0.00946. The molecule has 1 atom stereocenters. The van der Waals surface area contributed by atoms with Gasteiger partial charge in [0.2, 0.25) is 5.91 Å². The van der Waals surface area contributed by atoms with Gasteiger partial charge in [0, 0.05) is 11.8 Å². The summed E-state index contributed by atoms with van der Waals surface area (Å²) in [6.45, 7) is 2.14. The van der Waals surface area contributed by atoms with Crippen LogP contribution in [0.15, 0.2) is 46.2 Å². The second-order valence-electron chi connectivity index (χ2n) is 4.46. The Kier molecular flexibility index (Phi) is 5.60. The monoisotopic (exact) mass is 319 g/mol. The Balaban J connectivity index is 2.02. The van der Waals surface area contributed by atoms with Crippen LogP contribution in [-0.4, -0.2) is 22.1 Å². The SMILES string of the molecule is CCC(Sc1ncccc1C(=O)[O-])C(=O)NCc1ccco1. The molecule has 0 saturated carbocycles. The molecule has 0 aromatic carbocycles. The smallest absolute Gasteiger partial charge is 0.233 e. The van der Waals surface area contributed by atoms with Crippen molar-refractivity contribution in [3.05, 3.63) is 48.0 Å². The maximum Gasteiger partial charge on any atom is 0.233 e. The number of nitrogens with one attached hydrogen (secondary N) is 1. The van der Waals surface area contributed by atoms with Gasteiger partial charge in [-0.05, 0) is 30.7 Å². The van der Waals surface area contributed by atoms with Gasteiger partial charge < -0.3 is 19.6 Å². The topological polar surface area (TPSA) is 95.3 Å². The second kappa shape index (κ2) is 7.65. The number of carbonyl (C=O) groups is 2. The highest BCUT2D eigenvalue weighted by atomic mass is 32.2. The van der Waals surface area contributed by atoms with Crippen LogP contribution < -0.4 is 10.4 Å². The highest BCUT2D eigenvalue weighted by molar-refractivity contribution is 8.00. The number of aromatic nitrogens is 1. The zero-order chi connectivity index (χ0) is 15.9. The van der Waals surface area contributed by atoms with E-state index in [9.17, 15) is 14.7 Å². The summed E-state index contributed by atoms with van der Waals surface area (Å²) < 4.78 is 5.15. The number of carboxylic acid groups (broad SMARTS) is 1. The molecular weight excluding hydrogens is 304 g/mol. The minimum absolute atomic E-state index is 0.00946. The Morgan fingerprint density at radius 2 is 2.23 bits per heavy atom. The lowest BCUT2D eigenvalue weighted by Crippen LogP contribution is -2.32. The van der Waals surface area contributed by atoms with Crippen molar-refractivity contribution in [3.63, 3.8) is 0 Å². The first-order chi connectivity index (χ1) is 10.6. The molecule has 2 rings (SSSR count). The summed E-state index contributed by atoms with van der Waals surface area (Å²) in [5.74, 6) is -0.846. The predicted molar refractivity (Wildman–Crippen MR) is 79.1 cm³/mol. The third kappa shape index (κ3) is 4.11. The summed E-state index contributed by atoms with van der Waals surface area (Å²) in [6, 6.07) is 6.44. The average molecular weight is 319 g/mol. The number of rotatable bonds is 7. The van der Waals surface area contributed by atoms with Crippen molar-refractivity contribution in [1.29, 1.82) is 0 Å². The van der Waals surface area contributed by atoms with Gasteiger partial charge in [-0.3, -0.25) is 4.79 Å². The fourth-order valence-corrected chi connectivity index (χ4v) is 2.82. The maximum atomic E-state index is 12.2. The van der Waals surface area contributed by atoms with E-state index in [1.807, 2.05) is 6.92 Å². The van der Waals surface area contributed by atoms with Crippen molar-refractivity contribution in [2.45, 2.75) is 30.2 Å². The van der Waals surface area contributed by atoms with Crippen LogP contribution in [0.1, 0.15) is 29.5 Å². The molecule has 7 heteroatoms. The molecule has 2 aromatic rings. The molecule has 22 heavy (non-hydrogen) atoms. The Hall–Kier alpha value is -2.28. The van der Waals surface area contributed by atoms with E-state index < -0.39 is 11.2 Å². The van der Waals surface area contributed by atoms with Crippen LogP contribution in [0.3, 0.4) is 0 Å². The average Bonchev–Trinajstić information content (AvgIpc) is 3.04. The van der Waals surface area contributed by atoms with Crippen molar-refractivity contribution in [2.24, 2.45) is 0 Å². The fraction of sp³-hybridized carbons (Fsp3) is 0.267. The molecule has 0 aliphatic heterocycles. The maximum absolute atomic E-state index is 12.2. The van der Waals surface area contributed by atoms with Gasteiger partial charge in [-0.25, -0.2) is 4.98 Å². The highest BCUT2D eigenvalue weighted by Gasteiger charge is 2.20. The zero-order valence-electron chi connectivity index (χ0n) is 11.9. The number of carbonyl (C=O) groups excluding carboxylic acids is 2. The van der Waals surface area contributed by atoms with Crippen LogP contribution in [0.4, 0.5) is 0 Å². The van der Waals surface area contributed by atoms with Gasteiger partial charge in [0.1, 0.15) is 10.8 Å². The third-order valence-electron chi connectivity index (χ3n) is 2.93. The van der Waals surface area contributed by atoms with Crippen LogP contribution in [0.25, 0.3) is 0 Å². The molecule has 0 bridgehead atoms. The van der Waals surface area contributed by atoms with Crippen molar-refractivity contribution >= 4 is 23.6 Å². The summed E-state index contributed by atoms with van der Waals surface area (Å²) in [5, 5.41) is 13.7. The summed E-state index contributed by atoms with van der Waals surface area (Å²) >= 11 is 1.11. The van der Waals surface area contributed by atoms with E-state index in [1.165, 1.54) is 24.6 Å². The molecule has 1 unspecified atom stereocenters. The van der Waals surface area contributed by atoms with E-state index in [2.05, 4.69) is 10.3 Å². The molecular formula is C15H15N2O4S-. The number of thioether (sulfide) groups is 1. The minimum atomic E-state index is -1.30. The van der Waals surface area contributed by atoms with Gasteiger partial charge in [-0.1, -0.05) is 18.7 Å².